The summed E-state index contributed by atoms with van der Waals surface area (Å²) < 4.78 is 0. The Hall–Kier alpha value is -1.34. The first-order valence-corrected chi connectivity index (χ1v) is 5.60. The zero-order chi connectivity index (χ0) is 15.4. The molecule has 0 heterocycles. The quantitative estimate of drug-likeness (QED) is 0.332. The summed E-state index contributed by atoms with van der Waals surface area (Å²) in [7, 11) is 0. The number of rotatable bonds is 8. The topological polar surface area (TPSA) is 115 Å². The molecule has 0 aromatic carbocycles. The summed E-state index contributed by atoms with van der Waals surface area (Å²) in [4.78, 5) is 24.2. The Morgan fingerprint density at radius 2 is 1.16 bits per heavy atom. The van der Waals surface area contributed by atoms with Crippen molar-refractivity contribution >= 4 is 11.6 Å². The number of hydrogen-bond donors (Lipinski definition) is 4. The van der Waals surface area contributed by atoms with Gasteiger partial charge >= 0.3 is 0 Å². The third-order valence-corrected chi connectivity index (χ3v) is 3.11. The van der Waals surface area contributed by atoms with Gasteiger partial charge in [-0.15, -0.1) is 0 Å². The van der Waals surface area contributed by atoms with E-state index in [0.29, 0.717) is 0 Å². The molecule has 0 aromatic heterocycles. The van der Waals surface area contributed by atoms with Crippen LogP contribution in [0.2, 0.25) is 0 Å². The van der Waals surface area contributed by atoms with Crippen LogP contribution in [0.3, 0.4) is 0 Å². The predicted molar refractivity (Wildman–Crippen MR) is 68.3 cm³/mol. The molecule has 0 spiro atoms. The fraction of sp³-hybridized carbons (Fsp3) is 0.538. The van der Waals surface area contributed by atoms with E-state index >= 15 is 0 Å². The van der Waals surface area contributed by atoms with Crippen LogP contribution < -0.4 is 0 Å². The van der Waals surface area contributed by atoms with Gasteiger partial charge in [0.25, 0.3) is 0 Å². The maximum atomic E-state index is 12.1. The first-order valence-electron chi connectivity index (χ1n) is 5.60. The SMILES string of the molecule is C=C(C)C(=O)C(O)(C(=O)C(=C)C)C(CO)(CO)CO. The number of hydrogen-bond acceptors (Lipinski definition) is 6. The molecule has 6 nitrogen and oxygen atoms in total. The second kappa shape index (κ2) is 6.21. The Balaban J connectivity index is 6.19. The average molecular weight is 272 g/mol. The molecule has 0 bridgehead atoms. The molecule has 0 amide bonds. The molecule has 0 aromatic rings. The normalized spacial score (nSPS) is 12.1. The predicted octanol–water partition coefficient (Wildman–Crippen LogP) is -1.03. The lowest BCUT2D eigenvalue weighted by Crippen LogP contribution is -2.65. The molecule has 19 heavy (non-hydrogen) atoms. The van der Waals surface area contributed by atoms with Crippen molar-refractivity contribution < 1.29 is 30.0 Å². The molecule has 0 aliphatic carbocycles. The minimum atomic E-state index is -2.80. The number of carbonyl (C=O) groups is 2. The van der Waals surface area contributed by atoms with Gasteiger partial charge in [0, 0.05) is 0 Å². The molecule has 0 aliphatic heterocycles. The van der Waals surface area contributed by atoms with Crippen molar-refractivity contribution in [1.82, 2.24) is 0 Å². The van der Waals surface area contributed by atoms with Crippen LogP contribution in [-0.2, 0) is 9.59 Å². The van der Waals surface area contributed by atoms with E-state index in [2.05, 4.69) is 13.2 Å². The highest BCUT2D eigenvalue weighted by Gasteiger charge is 2.59. The minimum absolute atomic E-state index is 0.142. The van der Waals surface area contributed by atoms with E-state index in [0.717, 1.165) is 0 Å². The van der Waals surface area contributed by atoms with Gasteiger partial charge < -0.3 is 20.4 Å². The van der Waals surface area contributed by atoms with Crippen molar-refractivity contribution in [2.24, 2.45) is 5.41 Å². The van der Waals surface area contributed by atoms with E-state index in [1.807, 2.05) is 0 Å². The van der Waals surface area contributed by atoms with Gasteiger partial charge in [0.05, 0.1) is 25.2 Å². The molecule has 0 rings (SSSR count). The standard InChI is InChI=1S/C13H20O6/c1-8(2)10(17)13(19,11(18)9(3)4)12(5-14,6-15)7-16/h14-16,19H,1,3,5-7H2,2,4H3. The number of aliphatic hydroxyl groups is 4. The fourth-order valence-corrected chi connectivity index (χ4v) is 1.70. The molecule has 4 N–H and O–H groups in total. The van der Waals surface area contributed by atoms with Gasteiger partial charge in [-0.3, -0.25) is 9.59 Å². The van der Waals surface area contributed by atoms with E-state index in [1.165, 1.54) is 13.8 Å². The van der Waals surface area contributed by atoms with Crippen LogP contribution in [-0.4, -0.2) is 57.4 Å². The van der Waals surface area contributed by atoms with Crippen molar-refractivity contribution in [3.8, 4) is 0 Å². The lowest BCUT2D eigenvalue weighted by atomic mass is 9.66. The van der Waals surface area contributed by atoms with Crippen LogP contribution in [0.15, 0.2) is 24.3 Å². The van der Waals surface area contributed by atoms with E-state index in [1.54, 1.807) is 0 Å². The number of ketones is 2. The van der Waals surface area contributed by atoms with Crippen molar-refractivity contribution in [2.75, 3.05) is 19.8 Å². The van der Waals surface area contributed by atoms with Gasteiger partial charge in [-0.05, 0) is 25.0 Å². The Kier molecular flexibility index (Phi) is 5.77. The van der Waals surface area contributed by atoms with Crippen LogP contribution in [0, 0.1) is 5.41 Å². The fourth-order valence-electron chi connectivity index (χ4n) is 1.70. The molecular weight excluding hydrogens is 252 g/mol. The Morgan fingerprint density at radius 3 is 1.32 bits per heavy atom. The smallest absolute Gasteiger partial charge is 0.202 e. The van der Waals surface area contributed by atoms with Crippen molar-refractivity contribution in [3.05, 3.63) is 24.3 Å². The van der Waals surface area contributed by atoms with Crippen LogP contribution in [0.5, 0.6) is 0 Å². The summed E-state index contributed by atoms with van der Waals surface area (Å²) >= 11 is 0. The summed E-state index contributed by atoms with van der Waals surface area (Å²) in [5, 5.41) is 38.5. The highest BCUT2D eigenvalue weighted by atomic mass is 16.3. The lowest BCUT2D eigenvalue weighted by molar-refractivity contribution is -0.178. The average Bonchev–Trinajstić information content (AvgIpc) is 2.38. The number of aliphatic hydroxyl groups excluding tert-OH is 3. The van der Waals surface area contributed by atoms with Gasteiger partial charge in [-0.2, -0.15) is 0 Å². The van der Waals surface area contributed by atoms with Gasteiger partial charge in [0.2, 0.25) is 5.60 Å². The maximum absolute atomic E-state index is 12.1. The summed E-state index contributed by atoms with van der Waals surface area (Å²) in [6.07, 6.45) is 0. The van der Waals surface area contributed by atoms with E-state index in [4.69, 9.17) is 0 Å². The van der Waals surface area contributed by atoms with Gasteiger partial charge in [0.15, 0.2) is 11.6 Å². The molecule has 0 saturated carbocycles. The second-order valence-corrected chi connectivity index (χ2v) is 4.68. The monoisotopic (exact) mass is 272 g/mol. The third kappa shape index (κ3) is 2.66. The molecule has 0 saturated heterocycles. The van der Waals surface area contributed by atoms with Gasteiger partial charge in [-0.1, -0.05) is 13.2 Å². The molecule has 108 valence electrons. The van der Waals surface area contributed by atoms with E-state index in [-0.39, 0.29) is 11.1 Å². The van der Waals surface area contributed by atoms with E-state index in [9.17, 15) is 30.0 Å². The first kappa shape index (κ1) is 17.7. The van der Waals surface area contributed by atoms with E-state index < -0.39 is 42.4 Å². The summed E-state index contributed by atoms with van der Waals surface area (Å²) in [5.41, 5.74) is -5.20. The van der Waals surface area contributed by atoms with Crippen LogP contribution >= 0.6 is 0 Å². The third-order valence-electron chi connectivity index (χ3n) is 3.11. The largest absolute Gasteiger partial charge is 0.395 e. The molecule has 0 radical (unpaired) electrons. The Labute approximate surface area is 111 Å². The van der Waals surface area contributed by atoms with Crippen molar-refractivity contribution in [1.29, 1.82) is 0 Å². The van der Waals surface area contributed by atoms with Crippen LogP contribution in [0.1, 0.15) is 13.8 Å². The molecular formula is C13H20O6. The zero-order valence-corrected chi connectivity index (χ0v) is 11.1. The molecule has 6 heteroatoms. The number of Topliss-reactive ketones (excluding diaryl/α,β-unsaturated/α-hetero) is 2. The highest BCUT2D eigenvalue weighted by molar-refractivity contribution is 6.22. The van der Waals surface area contributed by atoms with Gasteiger partial charge in [-0.25, -0.2) is 0 Å². The molecule has 0 fully saturated rings. The van der Waals surface area contributed by atoms with Crippen LogP contribution in [0.4, 0.5) is 0 Å². The summed E-state index contributed by atoms with van der Waals surface area (Å²) in [6, 6.07) is 0. The number of carbonyl (C=O) groups excluding carboxylic acids is 2. The maximum Gasteiger partial charge on any atom is 0.202 e. The minimum Gasteiger partial charge on any atom is -0.395 e. The highest BCUT2D eigenvalue weighted by Crippen LogP contribution is 2.36. The van der Waals surface area contributed by atoms with Crippen LogP contribution in [0.25, 0.3) is 0 Å². The summed E-state index contributed by atoms with van der Waals surface area (Å²) in [5.74, 6) is -2.14. The first-order chi connectivity index (χ1) is 8.64. The molecule has 0 unspecified atom stereocenters. The Bertz CT molecular complexity index is 371. The molecule has 0 aliphatic rings. The Morgan fingerprint density at radius 1 is 0.895 bits per heavy atom. The zero-order valence-electron chi connectivity index (χ0n) is 11.1. The van der Waals surface area contributed by atoms with Crippen molar-refractivity contribution in [3.63, 3.8) is 0 Å². The van der Waals surface area contributed by atoms with Gasteiger partial charge in [0.1, 0.15) is 0 Å². The second-order valence-electron chi connectivity index (χ2n) is 4.68. The van der Waals surface area contributed by atoms with Crippen molar-refractivity contribution in [2.45, 2.75) is 19.4 Å². The lowest BCUT2D eigenvalue weighted by Gasteiger charge is -2.41. The molecule has 0 atom stereocenters. The summed E-state index contributed by atoms with van der Waals surface area (Å²) in [6.45, 7) is 6.34.